The number of aliphatic carboxylic acids is 1. The van der Waals surface area contributed by atoms with Crippen LogP contribution in [0.15, 0.2) is 115 Å². The summed E-state index contributed by atoms with van der Waals surface area (Å²) in [6.45, 7) is 0.253. The molecule has 1 aromatic heterocycles. The van der Waals surface area contributed by atoms with E-state index in [9.17, 15) is 9.59 Å². The van der Waals surface area contributed by atoms with Crippen molar-refractivity contribution in [2.24, 2.45) is 0 Å². The number of para-hydroxylation sites is 2. The molecule has 4 aromatic carbocycles. The van der Waals surface area contributed by atoms with Crippen LogP contribution in [-0.2, 0) is 4.79 Å². The highest BCUT2D eigenvalue weighted by atomic mass is 16.5. The molecule has 0 bridgehead atoms. The van der Waals surface area contributed by atoms with Gasteiger partial charge in [0.05, 0.1) is 18.3 Å². The van der Waals surface area contributed by atoms with Crippen molar-refractivity contribution in [2.75, 3.05) is 11.9 Å². The molecule has 0 saturated heterocycles. The van der Waals surface area contributed by atoms with Crippen LogP contribution in [0.4, 0.5) is 5.69 Å². The topological polar surface area (TPSA) is 80.6 Å². The van der Waals surface area contributed by atoms with Crippen molar-refractivity contribution < 1.29 is 19.4 Å². The van der Waals surface area contributed by atoms with Crippen LogP contribution in [0.1, 0.15) is 40.4 Å². The predicted octanol–water partition coefficient (Wildman–Crippen LogP) is 6.77. The lowest BCUT2D eigenvalue weighted by molar-refractivity contribution is -0.137. The summed E-state index contributed by atoms with van der Waals surface area (Å²) in [6.07, 6.45) is 2.49. The standard InChI is InChI=1S/C32H28N2O4/c35-30(36)16-9-21-38-29-15-8-7-14-27(29)33-32(37)26-17-18-28-25(22-26)19-20-34(28)31(23-10-3-1-4-11-23)24-12-5-2-6-13-24/h1-8,10-15,17-20,22,31H,9,16,21H2,(H,33,37)(H,35,36). The van der Waals surface area contributed by atoms with Crippen LogP contribution in [0.2, 0.25) is 0 Å². The maximum Gasteiger partial charge on any atom is 0.303 e. The molecular weight excluding hydrogens is 476 g/mol. The number of amides is 1. The lowest BCUT2D eigenvalue weighted by Gasteiger charge is -2.21. The molecule has 38 heavy (non-hydrogen) atoms. The van der Waals surface area contributed by atoms with Gasteiger partial charge in [0.2, 0.25) is 0 Å². The minimum Gasteiger partial charge on any atom is -0.491 e. The van der Waals surface area contributed by atoms with E-state index in [0.717, 1.165) is 10.9 Å². The largest absolute Gasteiger partial charge is 0.491 e. The normalized spacial score (nSPS) is 11.0. The smallest absolute Gasteiger partial charge is 0.303 e. The van der Waals surface area contributed by atoms with E-state index < -0.39 is 5.97 Å². The van der Waals surface area contributed by atoms with Gasteiger partial charge in [0.15, 0.2) is 0 Å². The van der Waals surface area contributed by atoms with E-state index in [2.05, 4.69) is 40.3 Å². The zero-order valence-electron chi connectivity index (χ0n) is 20.8. The molecule has 0 fully saturated rings. The van der Waals surface area contributed by atoms with E-state index in [-0.39, 0.29) is 25.0 Å². The molecule has 2 N–H and O–H groups in total. The van der Waals surface area contributed by atoms with Crippen molar-refractivity contribution in [3.63, 3.8) is 0 Å². The molecule has 0 aliphatic rings. The fourth-order valence-electron chi connectivity index (χ4n) is 4.61. The van der Waals surface area contributed by atoms with Gasteiger partial charge in [-0.25, -0.2) is 0 Å². The monoisotopic (exact) mass is 504 g/mol. The second kappa shape index (κ2) is 11.5. The number of rotatable bonds is 10. The van der Waals surface area contributed by atoms with E-state index in [1.807, 2.05) is 72.8 Å². The zero-order chi connectivity index (χ0) is 26.3. The summed E-state index contributed by atoms with van der Waals surface area (Å²) >= 11 is 0. The lowest BCUT2D eigenvalue weighted by Crippen LogP contribution is -2.14. The summed E-state index contributed by atoms with van der Waals surface area (Å²) in [4.78, 5) is 23.9. The molecule has 0 aliphatic carbocycles. The van der Waals surface area contributed by atoms with Crippen LogP contribution in [0.25, 0.3) is 10.9 Å². The molecule has 0 unspecified atom stereocenters. The minimum atomic E-state index is -0.863. The van der Waals surface area contributed by atoms with Gasteiger partial charge in [-0.2, -0.15) is 0 Å². The van der Waals surface area contributed by atoms with Gasteiger partial charge >= 0.3 is 5.97 Å². The van der Waals surface area contributed by atoms with Crippen molar-refractivity contribution in [2.45, 2.75) is 18.9 Å². The zero-order valence-corrected chi connectivity index (χ0v) is 20.8. The minimum absolute atomic E-state index is 0.000251. The van der Waals surface area contributed by atoms with Gasteiger partial charge in [0.25, 0.3) is 5.91 Å². The lowest BCUT2D eigenvalue weighted by atomic mass is 9.98. The van der Waals surface area contributed by atoms with Crippen molar-refractivity contribution in [3.8, 4) is 5.75 Å². The van der Waals surface area contributed by atoms with Gasteiger partial charge < -0.3 is 19.7 Å². The highest BCUT2D eigenvalue weighted by molar-refractivity contribution is 6.07. The number of nitrogens with zero attached hydrogens (tertiary/aromatic N) is 1. The number of fused-ring (bicyclic) bond motifs is 1. The van der Waals surface area contributed by atoms with Crippen molar-refractivity contribution in [1.29, 1.82) is 0 Å². The number of ether oxygens (including phenoxy) is 1. The van der Waals surface area contributed by atoms with E-state index in [4.69, 9.17) is 9.84 Å². The summed E-state index contributed by atoms with van der Waals surface area (Å²) in [6, 6.07) is 35.6. The third-order valence-corrected chi connectivity index (χ3v) is 6.42. The van der Waals surface area contributed by atoms with Gasteiger partial charge in [-0.05, 0) is 53.9 Å². The average molecular weight is 505 g/mol. The third kappa shape index (κ3) is 5.60. The summed E-state index contributed by atoms with van der Waals surface area (Å²) in [5, 5.41) is 12.7. The average Bonchev–Trinajstić information content (AvgIpc) is 3.36. The number of aromatic nitrogens is 1. The Hall–Kier alpha value is -4.84. The molecule has 5 aromatic rings. The summed E-state index contributed by atoms with van der Waals surface area (Å²) < 4.78 is 7.96. The molecule has 0 saturated carbocycles. The number of carboxylic acid groups (broad SMARTS) is 1. The second-order valence-electron chi connectivity index (χ2n) is 9.02. The molecular formula is C32H28N2O4. The summed E-state index contributed by atoms with van der Waals surface area (Å²) in [7, 11) is 0. The highest BCUT2D eigenvalue weighted by Crippen LogP contribution is 2.32. The molecule has 0 radical (unpaired) electrons. The van der Waals surface area contributed by atoms with E-state index in [1.165, 1.54) is 11.1 Å². The SMILES string of the molecule is O=C(O)CCCOc1ccccc1NC(=O)c1ccc2c(ccn2C(c2ccccc2)c2ccccc2)c1. The molecule has 1 amide bonds. The Bertz CT molecular complexity index is 1500. The molecule has 0 aliphatic heterocycles. The fourth-order valence-corrected chi connectivity index (χ4v) is 4.61. The van der Waals surface area contributed by atoms with Crippen LogP contribution in [0.5, 0.6) is 5.75 Å². The number of carbonyl (C=O) groups excluding carboxylic acids is 1. The first-order valence-electron chi connectivity index (χ1n) is 12.6. The van der Waals surface area contributed by atoms with Gasteiger partial charge in [-0.15, -0.1) is 0 Å². The Morgan fingerprint density at radius 3 is 2.16 bits per heavy atom. The Kier molecular flexibility index (Phi) is 7.50. The third-order valence-electron chi connectivity index (χ3n) is 6.42. The number of anilines is 1. The molecule has 190 valence electrons. The van der Waals surface area contributed by atoms with Gasteiger partial charge in [-0.1, -0.05) is 72.8 Å². The first-order valence-corrected chi connectivity index (χ1v) is 12.6. The van der Waals surface area contributed by atoms with Crippen LogP contribution in [-0.4, -0.2) is 28.2 Å². The van der Waals surface area contributed by atoms with Crippen LogP contribution in [0.3, 0.4) is 0 Å². The first-order chi connectivity index (χ1) is 18.6. The highest BCUT2D eigenvalue weighted by Gasteiger charge is 2.19. The predicted molar refractivity (Wildman–Crippen MR) is 149 cm³/mol. The summed E-state index contributed by atoms with van der Waals surface area (Å²) in [5.41, 5.74) is 4.46. The Balaban J connectivity index is 1.39. The van der Waals surface area contributed by atoms with Crippen LogP contribution < -0.4 is 10.1 Å². The molecule has 0 atom stereocenters. The molecule has 1 heterocycles. The van der Waals surface area contributed by atoms with Gasteiger partial charge in [0.1, 0.15) is 5.75 Å². The first kappa shape index (κ1) is 24.8. The number of nitrogens with one attached hydrogen (secondary N) is 1. The van der Waals surface area contributed by atoms with Crippen LogP contribution >= 0.6 is 0 Å². The number of hydrogen-bond donors (Lipinski definition) is 2. The number of carbonyl (C=O) groups is 2. The quantitative estimate of drug-likeness (QED) is 0.206. The maximum absolute atomic E-state index is 13.2. The maximum atomic E-state index is 13.2. The summed E-state index contributed by atoms with van der Waals surface area (Å²) in [5.74, 6) is -0.603. The number of benzene rings is 4. The van der Waals surface area contributed by atoms with Crippen LogP contribution in [0, 0.1) is 0 Å². The second-order valence-corrected chi connectivity index (χ2v) is 9.02. The van der Waals surface area contributed by atoms with E-state index in [1.54, 1.807) is 12.1 Å². The van der Waals surface area contributed by atoms with E-state index in [0.29, 0.717) is 23.4 Å². The molecule has 0 spiro atoms. The Labute approximate surface area is 221 Å². The number of hydrogen-bond acceptors (Lipinski definition) is 3. The van der Waals surface area contributed by atoms with E-state index >= 15 is 0 Å². The molecule has 6 nitrogen and oxygen atoms in total. The Morgan fingerprint density at radius 1 is 0.816 bits per heavy atom. The fraction of sp³-hybridized carbons (Fsp3) is 0.125. The van der Waals surface area contributed by atoms with Crippen molar-refractivity contribution >= 4 is 28.5 Å². The molecule has 5 rings (SSSR count). The van der Waals surface area contributed by atoms with Gasteiger partial charge in [-0.3, -0.25) is 9.59 Å². The Morgan fingerprint density at radius 2 is 1.47 bits per heavy atom. The van der Waals surface area contributed by atoms with Crippen molar-refractivity contribution in [1.82, 2.24) is 4.57 Å². The molecule has 6 heteroatoms. The van der Waals surface area contributed by atoms with Crippen molar-refractivity contribution in [3.05, 3.63) is 132 Å². The van der Waals surface area contributed by atoms with Gasteiger partial charge in [0, 0.05) is 29.1 Å². The number of carboxylic acids is 1.